The first kappa shape index (κ1) is 13.6. The van der Waals surface area contributed by atoms with Gasteiger partial charge in [0.1, 0.15) is 11.9 Å². The Bertz CT molecular complexity index is 476. The Morgan fingerprint density at radius 1 is 1.42 bits per heavy atom. The first-order valence-corrected chi connectivity index (χ1v) is 6.33. The Morgan fingerprint density at radius 3 is 2.63 bits per heavy atom. The van der Waals surface area contributed by atoms with Crippen LogP contribution in [-0.2, 0) is 9.53 Å². The lowest BCUT2D eigenvalue weighted by atomic mass is 10.0. The van der Waals surface area contributed by atoms with Gasteiger partial charge in [0.15, 0.2) is 0 Å². The van der Waals surface area contributed by atoms with Crippen molar-refractivity contribution < 1.29 is 19.4 Å². The molecule has 1 unspecified atom stereocenters. The summed E-state index contributed by atoms with van der Waals surface area (Å²) in [5.41, 5.74) is 2.89. The zero-order valence-corrected chi connectivity index (χ0v) is 11.2. The van der Waals surface area contributed by atoms with Crippen molar-refractivity contribution in [2.45, 2.75) is 26.4 Å². The van der Waals surface area contributed by atoms with Gasteiger partial charge in [-0.3, -0.25) is 0 Å². The summed E-state index contributed by atoms with van der Waals surface area (Å²) in [5.74, 6) is -0.0679. The number of aryl methyl sites for hydroxylation is 2. The number of carbonyl (C=O) groups is 1. The Balaban J connectivity index is 2.18. The summed E-state index contributed by atoms with van der Waals surface area (Å²) < 4.78 is 11.2. The van der Waals surface area contributed by atoms with E-state index in [0.29, 0.717) is 6.61 Å². The van der Waals surface area contributed by atoms with E-state index in [1.54, 1.807) is 6.08 Å². The van der Waals surface area contributed by atoms with Crippen LogP contribution in [0.4, 0.5) is 0 Å². The topological polar surface area (TPSA) is 55.8 Å². The summed E-state index contributed by atoms with van der Waals surface area (Å²) in [6.45, 7) is 5.33. The summed E-state index contributed by atoms with van der Waals surface area (Å²) in [6, 6.07) is 3.86. The van der Waals surface area contributed by atoms with E-state index in [1.165, 1.54) is 0 Å². The van der Waals surface area contributed by atoms with E-state index >= 15 is 0 Å². The third-order valence-corrected chi connectivity index (χ3v) is 3.07. The van der Waals surface area contributed by atoms with Crippen molar-refractivity contribution in [2.75, 3.05) is 13.2 Å². The van der Waals surface area contributed by atoms with E-state index in [-0.39, 0.29) is 6.10 Å². The Hall–Kier alpha value is -1.81. The van der Waals surface area contributed by atoms with Crippen LogP contribution in [0, 0.1) is 13.8 Å². The van der Waals surface area contributed by atoms with Crippen LogP contribution in [0.25, 0.3) is 6.08 Å². The normalized spacial score (nSPS) is 18.9. The van der Waals surface area contributed by atoms with Crippen molar-refractivity contribution in [2.24, 2.45) is 0 Å². The second-order valence-electron chi connectivity index (χ2n) is 4.76. The fraction of sp³-hybridized carbons (Fsp3) is 0.400. The van der Waals surface area contributed by atoms with E-state index in [0.717, 1.165) is 41.5 Å². The molecule has 1 aliphatic heterocycles. The van der Waals surface area contributed by atoms with Crippen LogP contribution < -0.4 is 4.74 Å². The first-order valence-electron chi connectivity index (χ1n) is 6.33. The smallest absolute Gasteiger partial charge is 0.328 e. The van der Waals surface area contributed by atoms with Crippen molar-refractivity contribution in [1.82, 2.24) is 0 Å². The minimum Gasteiger partial charge on any atom is -0.487 e. The maximum Gasteiger partial charge on any atom is 0.328 e. The van der Waals surface area contributed by atoms with Gasteiger partial charge < -0.3 is 14.6 Å². The molecule has 1 atom stereocenters. The van der Waals surface area contributed by atoms with Crippen LogP contribution in [-0.4, -0.2) is 30.4 Å². The zero-order chi connectivity index (χ0) is 13.8. The van der Waals surface area contributed by atoms with Crippen molar-refractivity contribution in [3.8, 4) is 5.75 Å². The number of rotatable bonds is 4. The van der Waals surface area contributed by atoms with Crippen molar-refractivity contribution in [1.29, 1.82) is 0 Å². The molecule has 1 heterocycles. The predicted molar refractivity (Wildman–Crippen MR) is 72.4 cm³/mol. The molecule has 0 bridgehead atoms. The van der Waals surface area contributed by atoms with Crippen molar-refractivity contribution >= 4 is 12.0 Å². The van der Waals surface area contributed by atoms with Gasteiger partial charge in [0.05, 0.1) is 13.2 Å². The number of carboxylic acid groups (broad SMARTS) is 1. The second kappa shape index (κ2) is 5.89. The maximum absolute atomic E-state index is 10.5. The molecule has 4 heteroatoms. The molecule has 1 aromatic rings. The van der Waals surface area contributed by atoms with Crippen LogP contribution in [0.1, 0.15) is 23.1 Å². The fourth-order valence-electron chi connectivity index (χ4n) is 2.21. The number of aliphatic carboxylic acids is 1. The van der Waals surface area contributed by atoms with Gasteiger partial charge in [0, 0.05) is 12.5 Å². The number of hydrogen-bond donors (Lipinski definition) is 1. The average molecular weight is 262 g/mol. The molecule has 1 aliphatic rings. The summed E-state index contributed by atoms with van der Waals surface area (Å²) in [6.07, 6.45) is 3.77. The van der Waals surface area contributed by atoms with Gasteiger partial charge in [-0.25, -0.2) is 4.79 Å². The molecular weight excluding hydrogens is 244 g/mol. The predicted octanol–water partition coefficient (Wildman–Crippen LogP) is 2.57. The molecule has 19 heavy (non-hydrogen) atoms. The molecule has 0 aromatic heterocycles. The Morgan fingerprint density at radius 2 is 2.11 bits per heavy atom. The first-order chi connectivity index (χ1) is 9.06. The molecule has 1 aromatic carbocycles. The molecule has 0 aliphatic carbocycles. The molecule has 0 amide bonds. The molecule has 2 rings (SSSR count). The van der Waals surface area contributed by atoms with Crippen molar-refractivity contribution in [3.63, 3.8) is 0 Å². The van der Waals surface area contributed by atoms with Crippen LogP contribution >= 0.6 is 0 Å². The highest BCUT2D eigenvalue weighted by molar-refractivity contribution is 5.85. The highest BCUT2D eigenvalue weighted by atomic mass is 16.5. The van der Waals surface area contributed by atoms with E-state index < -0.39 is 5.97 Å². The fourth-order valence-corrected chi connectivity index (χ4v) is 2.21. The third kappa shape index (κ3) is 3.58. The number of benzene rings is 1. The molecule has 102 valence electrons. The minimum atomic E-state index is -0.946. The quantitative estimate of drug-likeness (QED) is 0.847. The molecular formula is C15H18O4. The molecule has 4 nitrogen and oxygen atoms in total. The molecule has 0 radical (unpaired) electrons. The molecule has 1 saturated heterocycles. The highest BCUT2D eigenvalue weighted by Gasteiger charge is 2.19. The van der Waals surface area contributed by atoms with E-state index in [4.69, 9.17) is 14.6 Å². The van der Waals surface area contributed by atoms with E-state index in [2.05, 4.69) is 0 Å². The van der Waals surface area contributed by atoms with Crippen LogP contribution in [0.15, 0.2) is 18.2 Å². The highest BCUT2D eigenvalue weighted by Crippen LogP contribution is 2.27. The van der Waals surface area contributed by atoms with Gasteiger partial charge in [0.2, 0.25) is 0 Å². The monoisotopic (exact) mass is 262 g/mol. The Labute approximate surface area is 112 Å². The number of ether oxygens (including phenoxy) is 2. The van der Waals surface area contributed by atoms with E-state index in [9.17, 15) is 4.79 Å². The number of carboxylic acids is 1. The molecule has 0 spiro atoms. The lowest BCUT2D eigenvalue weighted by Gasteiger charge is -2.17. The summed E-state index contributed by atoms with van der Waals surface area (Å²) in [4.78, 5) is 10.5. The standard InChI is InChI=1S/C15H18O4/c1-10-7-12(3-4-14(16)17)8-11(2)15(10)19-13-5-6-18-9-13/h3-4,7-8,13H,5-6,9H2,1-2H3,(H,16,17). The minimum absolute atomic E-state index is 0.123. The lowest BCUT2D eigenvalue weighted by Crippen LogP contribution is -2.17. The maximum atomic E-state index is 10.5. The van der Waals surface area contributed by atoms with Gasteiger partial charge in [-0.15, -0.1) is 0 Å². The average Bonchev–Trinajstić information content (AvgIpc) is 2.84. The summed E-state index contributed by atoms with van der Waals surface area (Å²) in [5, 5.41) is 8.63. The van der Waals surface area contributed by atoms with Gasteiger partial charge in [-0.1, -0.05) is 0 Å². The van der Waals surface area contributed by atoms with Crippen LogP contribution in [0.2, 0.25) is 0 Å². The number of hydrogen-bond acceptors (Lipinski definition) is 3. The van der Waals surface area contributed by atoms with Gasteiger partial charge >= 0.3 is 5.97 Å². The molecule has 1 fully saturated rings. The Kier molecular flexibility index (Phi) is 4.22. The summed E-state index contributed by atoms with van der Waals surface area (Å²) >= 11 is 0. The largest absolute Gasteiger partial charge is 0.487 e. The van der Waals surface area contributed by atoms with Gasteiger partial charge in [-0.05, 0) is 48.7 Å². The summed E-state index contributed by atoms with van der Waals surface area (Å²) in [7, 11) is 0. The van der Waals surface area contributed by atoms with Crippen molar-refractivity contribution in [3.05, 3.63) is 34.9 Å². The molecule has 1 N–H and O–H groups in total. The van der Waals surface area contributed by atoms with Crippen LogP contribution in [0.5, 0.6) is 5.75 Å². The van der Waals surface area contributed by atoms with E-state index in [1.807, 2.05) is 26.0 Å². The second-order valence-corrected chi connectivity index (χ2v) is 4.76. The third-order valence-electron chi connectivity index (χ3n) is 3.07. The molecule has 0 saturated carbocycles. The zero-order valence-electron chi connectivity index (χ0n) is 11.2. The SMILES string of the molecule is Cc1cc(C=CC(=O)O)cc(C)c1OC1CCOC1. The van der Waals surface area contributed by atoms with Crippen LogP contribution in [0.3, 0.4) is 0 Å². The van der Waals surface area contributed by atoms with Gasteiger partial charge in [-0.2, -0.15) is 0 Å². The lowest BCUT2D eigenvalue weighted by molar-refractivity contribution is -0.131. The van der Waals surface area contributed by atoms with Gasteiger partial charge in [0.25, 0.3) is 0 Å².